The third-order valence-electron chi connectivity index (χ3n) is 8.08. The molecular weight excluding hydrogens is 458 g/mol. The molecule has 3 aromatic rings. The molecule has 6 rings (SSSR count). The zero-order valence-electron chi connectivity index (χ0n) is 20.8. The Morgan fingerprint density at radius 3 is 2.60 bits per heavy atom. The van der Waals surface area contributed by atoms with E-state index in [4.69, 9.17) is 14.7 Å². The second kappa shape index (κ2) is 10.5. The lowest BCUT2D eigenvalue weighted by Crippen LogP contribution is -2.43. The van der Waals surface area contributed by atoms with Gasteiger partial charge in [0.2, 0.25) is 0 Å². The van der Waals surface area contributed by atoms with Crippen molar-refractivity contribution in [2.24, 2.45) is 0 Å². The van der Waals surface area contributed by atoms with Crippen LogP contribution in [0.3, 0.4) is 0 Å². The molecule has 35 heavy (non-hydrogen) atoms. The van der Waals surface area contributed by atoms with Crippen molar-refractivity contribution in [3.05, 3.63) is 29.5 Å². The lowest BCUT2D eigenvalue weighted by atomic mass is 9.89. The Balaban J connectivity index is 1.15. The second-order valence-corrected chi connectivity index (χ2v) is 11.3. The molecule has 5 heterocycles. The maximum atomic E-state index is 5.50. The van der Waals surface area contributed by atoms with Gasteiger partial charge in [0, 0.05) is 37.9 Å². The molecule has 2 aliphatic heterocycles. The number of hydrogen-bond donors (Lipinski definition) is 1. The number of hydrogen-bond acceptors (Lipinski definition) is 8. The first-order valence-electron chi connectivity index (χ1n) is 13.5. The molecule has 0 amide bonds. The molecular formula is C26H37N7OS. The average Bonchev–Trinajstić information content (AvgIpc) is 3.52. The Labute approximate surface area is 211 Å². The molecule has 0 unspecified atom stereocenters. The summed E-state index contributed by atoms with van der Waals surface area (Å²) in [6.45, 7) is 6.30. The lowest BCUT2D eigenvalue weighted by molar-refractivity contribution is 0.0662. The summed E-state index contributed by atoms with van der Waals surface area (Å²) in [5.41, 5.74) is 2.18. The summed E-state index contributed by atoms with van der Waals surface area (Å²) in [5.74, 6) is 1.81. The molecule has 188 valence electrons. The fourth-order valence-electron chi connectivity index (χ4n) is 6.08. The number of ether oxygens (including phenoxy) is 1. The van der Waals surface area contributed by atoms with Crippen LogP contribution in [0, 0.1) is 6.92 Å². The van der Waals surface area contributed by atoms with Gasteiger partial charge in [0.1, 0.15) is 16.5 Å². The van der Waals surface area contributed by atoms with Crippen LogP contribution in [0.5, 0.6) is 0 Å². The van der Waals surface area contributed by atoms with Crippen LogP contribution in [-0.4, -0.2) is 67.4 Å². The van der Waals surface area contributed by atoms with E-state index in [-0.39, 0.29) is 0 Å². The van der Waals surface area contributed by atoms with Gasteiger partial charge in [-0.3, -0.25) is 4.68 Å². The van der Waals surface area contributed by atoms with E-state index in [1.807, 2.05) is 6.20 Å². The summed E-state index contributed by atoms with van der Waals surface area (Å²) < 4.78 is 12.2. The molecule has 0 aromatic carbocycles. The van der Waals surface area contributed by atoms with E-state index >= 15 is 0 Å². The van der Waals surface area contributed by atoms with E-state index in [9.17, 15) is 0 Å². The molecule has 1 aliphatic carbocycles. The van der Waals surface area contributed by atoms with Crippen molar-refractivity contribution >= 4 is 27.6 Å². The van der Waals surface area contributed by atoms with Crippen LogP contribution < -0.4 is 5.32 Å². The van der Waals surface area contributed by atoms with Crippen molar-refractivity contribution < 1.29 is 4.74 Å². The number of rotatable bonds is 6. The van der Waals surface area contributed by atoms with Gasteiger partial charge in [-0.1, -0.05) is 6.42 Å². The van der Waals surface area contributed by atoms with Gasteiger partial charge in [-0.25, -0.2) is 9.97 Å². The summed E-state index contributed by atoms with van der Waals surface area (Å²) in [6, 6.07) is 1.67. The molecule has 0 spiro atoms. The second-order valence-electron chi connectivity index (χ2n) is 10.5. The predicted octanol–water partition coefficient (Wildman–Crippen LogP) is 4.74. The molecule has 0 radical (unpaired) electrons. The molecule has 3 aliphatic rings. The first-order chi connectivity index (χ1) is 17.2. The zero-order valence-corrected chi connectivity index (χ0v) is 21.6. The molecule has 3 fully saturated rings. The minimum absolute atomic E-state index is 0.433. The highest BCUT2D eigenvalue weighted by atomic mass is 32.1. The van der Waals surface area contributed by atoms with E-state index in [1.54, 1.807) is 0 Å². The number of likely N-dealkylation sites (tertiary alicyclic amines) is 1. The van der Waals surface area contributed by atoms with Crippen molar-refractivity contribution in [2.75, 3.05) is 31.6 Å². The summed E-state index contributed by atoms with van der Waals surface area (Å²) in [6.07, 6.45) is 16.0. The monoisotopic (exact) mass is 495 g/mol. The van der Waals surface area contributed by atoms with Crippen LogP contribution >= 0.6 is 11.5 Å². The van der Waals surface area contributed by atoms with E-state index in [0.717, 1.165) is 65.2 Å². The summed E-state index contributed by atoms with van der Waals surface area (Å²) in [5, 5.41) is 9.55. The predicted molar refractivity (Wildman–Crippen MR) is 139 cm³/mol. The minimum atomic E-state index is 0.433. The van der Waals surface area contributed by atoms with Gasteiger partial charge in [0.25, 0.3) is 0 Å². The normalized spacial score (nSPS) is 24.7. The van der Waals surface area contributed by atoms with Crippen molar-refractivity contribution in [3.8, 4) is 0 Å². The smallest absolute Gasteiger partial charge is 0.149 e. The first kappa shape index (κ1) is 23.3. The van der Waals surface area contributed by atoms with Crippen LogP contribution in [0.1, 0.15) is 80.9 Å². The average molecular weight is 496 g/mol. The van der Waals surface area contributed by atoms with Gasteiger partial charge in [-0.2, -0.15) is 9.47 Å². The summed E-state index contributed by atoms with van der Waals surface area (Å²) in [7, 11) is 0. The topological polar surface area (TPSA) is 81.0 Å². The van der Waals surface area contributed by atoms with E-state index in [1.165, 1.54) is 69.6 Å². The third-order valence-corrected chi connectivity index (χ3v) is 8.91. The van der Waals surface area contributed by atoms with Gasteiger partial charge in [-0.15, -0.1) is 0 Å². The Bertz CT molecular complexity index is 1120. The molecule has 1 N–H and O–H groups in total. The largest absolute Gasteiger partial charge is 0.381 e. The van der Waals surface area contributed by atoms with Crippen LogP contribution in [0.2, 0.25) is 0 Å². The highest BCUT2D eigenvalue weighted by Crippen LogP contribution is 2.32. The highest BCUT2D eigenvalue weighted by molar-refractivity contribution is 7.13. The van der Waals surface area contributed by atoms with E-state index < -0.39 is 0 Å². The van der Waals surface area contributed by atoms with Crippen molar-refractivity contribution in [1.82, 2.24) is 29.0 Å². The van der Waals surface area contributed by atoms with E-state index in [0.29, 0.717) is 18.5 Å². The van der Waals surface area contributed by atoms with Crippen molar-refractivity contribution in [3.63, 3.8) is 0 Å². The molecule has 8 nitrogen and oxygen atoms in total. The fraction of sp³-hybridized carbons (Fsp3) is 0.692. The van der Waals surface area contributed by atoms with Crippen molar-refractivity contribution in [1.29, 1.82) is 0 Å². The number of piperidine rings is 1. The van der Waals surface area contributed by atoms with Crippen LogP contribution in [0.25, 0.3) is 10.2 Å². The molecule has 1 saturated carbocycles. The Morgan fingerprint density at radius 2 is 1.80 bits per heavy atom. The van der Waals surface area contributed by atoms with Crippen LogP contribution in [-0.2, 0) is 11.2 Å². The zero-order chi connectivity index (χ0) is 23.6. The SMILES string of the molecule is Cc1nsc2nc(Cc3cnn(C4CCOCC4)c3)nc(NC3CCC(N4CCCCC4)CC3)c12. The number of fused-ring (bicyclic) bond motifs is 1. The van der Waals surface area contributed by atoms with Crippen molar-refractivity contribution in [2.45, 2.75) is 89.3 Å². The fourth-order valence-corrected chi connectivity index (χ4v) is 6.88. The minimum Gasteiger partial charge on any atom is -0.381 e. The van der Waals surface area contributed by atoms with E-state index in [2.05, 4.69) is 37.5 Å². The third kappa shape index (κ3) is 5.22. The number of aromatic nitrogens is 5. The summed E-state index contributed by atoms with van der Waals surface area (Å²) >= 11 is 1.48. The number of anilines is 1. The quantitative estimate of drug-likeness (QED) is 0.529. The van der Waals surface area contributed by atoms with Gasteiger partial charge in [0.05, 0.1) is 23.3 Å². The number of nitrogens with one attached hydrogen (secondary N) is 1. The molecule has 2 saturated heterocycles. The van der Waals surface area contributed by atoms with Gasteiger partial charge in [0.15, 0.2) is 0 Å². The Kier molecular flexibility index (Phi) is 6.98. The van der Waals surface area contributed by atoms with Crippen LogP contribution in [0.4, 0.5) is 5.82 Å². The maximum Gasteiger partial charge on any atom is 0.149 e. The maximum absolute atomic E-state index is 5.50. The van der Waals surface area contributed by atoms with Gasteiger partial charge < -0.3 is 15.0 Å². The molecule has 9 heteroatoms. The van der Waals surface area contributed by atoms with Crippen LogP contribution in [0.15, 0.2) is 12.4 Å². The number of aryl methyl sites for hydroxylation is 1. The Hall–Kier alpha value is -2.10. The Morgan fingerprint density at radius 1 is 1.00 bits per heavy atom. The molecule has 0 bridgehead atoms. The lowest BCUT2D eigenvalue weighted by Gasteiger charge is -2.39. The molecule has 0 atom stereocenters. The van der Waals surface area contributed by atoms with Gasteiger partial charge >= 0.3 is 0 Å². The highest BCUT2D eigenvalue weighted by Gasteiger charge is 2.27. The molecule has 3 aromatic heterocycles. The summed E-state index contributed by atoms with van der Waals surface area (Å²) in [4.78, 5) is 13.6. The number of nitrogens with zero attached hydrogens (tertiary/aromatic N) is 6. The standard InChI is InChI=1S/C26H37N7OS/c1-18-24-25(28-20-5-7-21(8-6-20)32-11-3-2-4-12-32)29-23(30-26(24)35-31-18)15-19-16-27-33(17-19)22-9-13-34-14-10-22/h16-17,20-22H,2-15H2,1H3,(H,28,29,30). The van der Waals surface area contributed by atoms with Gasteiger partial charge in [-0.05, 0) is 88.5 Å². The first-order valence-corrected chi connectivity index (χ1v) is 14.2.